The molecule has 0 bridgehead atoms. The SMILES string of the molecule is Cc1ccc(C(=O)NN2C(=O)CSC2c2cccc(Cl)c2)cn1. The Hall–Kier alpha value is -2.05. The molecule has 1 fully saturated rings. The first kappa shape index (κ1) is 15.8. The Morgan fingerprint density at radius 2 is 2.22 bits per heavy atom. The van der Waals surface area contributed by atoms with Crippen LogP contribution in [0.1, 0.15) is 27.0 Å². The van der Waals surface area contributed by atoms with Crippen LogP contribution in [0, 0.1) is 6.92 Å². The fourth-order valence-corrected chi connectivity index (χ4v) is 3.52. The van der Waals surface area contributed by atoms with Crippen LogP contribution in [0.15, 0.2) is 42.6 Å². The van der Waals surface area contributed by atoms with Crippen molar-refractivity contribution in [2.75, 3.05) is 5.75 Å². The highest BCUT2D eigenvalue weighted by Crippen LogP contribution is 2.38. The average molecular weight is 348 g/mol. The van der Waals surface area contributed by atoms with Gasteiger partial charge < -0.3 is 0 Å². The molecule has 1 saturated heterocycles. The number of thioether (sulfide) groups is 1. The van der Waals surface area contributed by atoms with Crippen LogP contribution in [0.3, 0.4) is 0 Å². The van der Waals surface area contributed by atoms with E-state index in [0.717, 1.165) is 11.3 Å². The maximum Gasteiger partial charge on any atom is 0.271 e. The highest BCUT2D eigenvalue weighted by atomic mass is 35.5. The van der Waals surface area contributed by atoms with Crippen molar-refractivity contribution in [3.05, 3.63) is 64.4 Å². The Bertz CT molecular complexity index is 751. The molecule has 5 nitrogen and oxygen atoms in total. The van der Waals surface area contributed by atoms with E-state index in [1.165, 1.54) is 23.0 Å². The summed E-state index contributed by atoms with van der Waals surface area (Å²) < 4.78 is 0. The number of benzene rings is 1. The van der Waals surface area contributed by atoms with E-state index in [9.17, 15) is 9.59 Å². The predicted octanol–water partition coefficient (Wildman–Crippen LogP) is 2.96. The molecule has 118 valence electrons. The smallest absolute Gasteiger partial charge is 0.271 e. The number of carbonyl (C=O) groups is 2. The van der Waals surface area contributed by atoms with Gasteiger partial charge in [0.05, 0.1) is 11.3 Å². The number of amides is 2. The van der Waals surface area contributed by atoms with E-state index in [1.807, 2.05) is 19.1 Å². The summed E-state index contributed by atoms with van der Waals surface area (Å²) >= 11 is 7.46. The molecule has 0 saturated carbocycles. The third kappa shape index (κ3) is 3.48. The van der Waals surface area contributed by atoms with Crippen molar-refractivity contribution in [3.8, 4) is 0 Å². The van der Waals surface area contributed by atoms with Crippen molar-refractivity contribution in [1.29, 1.82) is 0 Å². The second kappa shape index (κ2) is 6.60. The summed E-state index contributed by atoms with van der Waals surface area (Å²) in [6.45, 7) is 1.84. The molecule has 3 rings (SSSR count). The summed E-state index contributed by atoms with van der Waals surface area (Å²) in [4.78, 5) is 28.5. The van der Waals surface area contributed by atoms with E-state index in [1.54, 1.807) is 24.3 Å². The number of halogens is 1. The van der Waals surface area contributed by atoms with E-state index in [0.29, 0.717) is 16.3 Å². The standard InChI is InChI=1S/C16H14ClN3O2S/c1-10-5-6-12(8-18-10)15(22)19-20-14(21)9-23-16(20)11-3-2-4-13(17)7-11/h2-8,16H,9H2,1H3,(H,19,22). The lowest BCUT2D eigenvalue weighted by Crippen LogP contribution is -2.44. The average Bonchev–Trinajstić information content (AvgIpc) is 2.89. The second-order valence-electron chi connectivity index (χ2n) is 5.11. The lowest BCUT2D eigenvalue weighted by molar-refractivity contribution is -0.130. The Balaban J connectivity index is 1.80. The molecule has 2 heterocycles. The van der Waals surface area contributed by atoms with Gasteiger partial charge in [0.2, 0.25) is 0 Å². The number of pyridine rings is 1. The van der Waals surface area contributed by atoms with Crippen molar-refractivity contribution >= 4 is 35.2 Å². The Morgan fingerprint density at radius 1 is 1.39 bits per heavy atom. The molecule has 0 radical (unpaired) electrons. The van der Waals surface area contributed by atoms with Gasteiger partial charge in [0, 0.05) is 16.9 Å². The topological polar surface area (TPSA) is 62.3 Å². The van der Waals surface area contributed by atoms with Gasteiger partial charge in [-0.3, -0.25) is 20.0 Å². The van der Waals surface area contributed by atoms with Gasteiger partial charge >= 0.3 is 0 Å². The number of rotatable bonds is 3. The van der Waals surface area contributed by atoms with Crippen LogP contribution < -0.4 is 5.43 Å². The fourth-order valence-electron chi connectivity index (χ4n) is 2.23. The van der Waals surface area contributed by atoms with E-state index in [4.69, 9.17) is 11.6 Å². The van der Waals surface area contributed by atoms with Crippen LogP contribution in [0.4, 0.5) is 0 Å². The van der Waals surface area contributed by atoms with Crippen LogP contribution in [0.5, 0.6) is 0 Å². The number of hydrogen-bond donors (Lipinski definition) is 1. The van der Waals surface area contributed by atoms with Crippen molar-refractivity contribution in [1.82, 2.24) is 15.4 Å². The molecule has 1 aromatic heterocycles. The Labute approximate surface area is 143 Å². The molecule has 0 aliphatic carbocycles. The van der Waals surface area contributed by atoms with Crippen molar-refractivity contribution in [3.63, 3.8) is 0 Å². The quantitative estimate of drug-likeness (QED) is 0.927. The highest BCUT2D eigenvalue weighted by molar-refractivity contribution is 8.00. The first-order valence-electron chi connectivity index (χ1n) is 6.97. The summed E-state index contributed by atoms with van der Waals surface area (Å²) in [7, 11) is 0. The molecule has 1 aliphatic heterocycles. The van der Waals surface area contributed by atoms with Gasteiger partial charge in [-0.1, -0.05) is 23.7 Å². The molecule has 1 atom stereocenters. The zero-order valence-electron chi connectivity index (χ0n) is 12.3. The number of hydrogen-bond acceptors (Lipinski definition) is 4. The molecule has 1 aliphatic rings. The fraction of sp³-hybridized carbons (Fsp3) is 0.188. The maximum absolute atomic E-state index is 12.3. The zero-order valence-corrected chi connectivity index (χ0v) is 13.9. The summed E-state index contributed by atoms with van der Waals surface area (Å²) in [5.74, 6) is -0.197. The lowest BCUT2D eigenvalue weighted by Gasteiger charge is -2.24. The maximum atomic E-state index is 12.3. The van der Waals surface area contributed by atoms with Crippen LogP contribution in [0.2, 0.25) is 5.02 Å². The summed E-state index contributed by atoms with van der Waals surface area (Å²) in [6.07, 6.45) is 1.49. The predicted molar refractivity (Wildman–Crippen MR) is 89.9 cm³/mol. The largest absolute Gasteiger partial charge is 0.272 e. The van der Waals surface area contributed by atoms with Gasteiger partial charge in [0.15, 0.2) is 0 Å². The Kier molecular flexibility index (Phi) is 4.54. The molecule has 23 heavy (non-hydrogen) atoms. The zero-order chi connectivity index (χ0) is 16.4. The molecule has 2 amide bonds. The first-order chi connectivity index (χ1) is 11.0. The van der Waals surface area contributed by atoms with Gasteiger partial charge in [-0.05, 0) is 36.8 Å². The molecule has 1 unspecified atom stereocenters. The molecule has 2 aromatic rings. The minimum atomic E-state index is -0.361. The number of nitrogens with one attached hydrogen (secondary N) is 1. The molecule has 1 N–H and O–H groups in total. The van der Waals surface area contributed by atoms with E-state index < -0.39 is 0 Å². The Morgan fingerprint density at radius 3 is 2.91 bits per heavy atom. The van der Waals surface area contributed by atoms with Crippen LogP contribution in [0.25, 0.3) is 0 Å². The lowest BCUT2D eigenvalue weighted by atomic mass is 10.2. The number of aryl methyl sites for hydroxylation is 1. The number of nitrogens with zero attached hydrogens (tertiary/aromatic N) is 2. The molecular formula is C16H14ClN3O2S. The third-order valence-electron chi connectivity index (χ3n) is 3.40. The minimum absolute atomic E-state index is 0.145. The normalized spacial score (nSPS) is 17.4. The second-order valence-corrected chi connectivity index (χ2v) is 6.62. The van der Waals surface area contributed by atoms with Crippen LogP contribution in [-0.4, -0.2) is 27.6 Å². The number of hydrazine groups is 1. The van der Waals surface area contributed by atoms with E-state index in [-0.39, 0.29) is 17.2 Å². The van der Waals surface area contributed by atoms with Gasteiger partial charge in [0.25, 0.3) is 11.8 Å². The minimum Gasteiger partial charge on any atom is -0.272 e. The molecule has 7 heteroatoms. The van der Waals surface area contributed by atoms with Gasteiger partial charge in [0.1, 0.15) is 5.37 Å². The monoisotopic (exact) mass is 347 g/mol. The summed E-state index contributed by atoms with van der Waals surface area (Å²) in [5, 5.41) is 1.67. The van der Waals surface area contributed by atoms with Crippen LogP contribution >= 0.6 is 23.4 Å². The van der Waals surface area contributed by atoms with E-state index in [2.05, 4.69) is 10.4 Å². The molecule has 0 spiro atoms. The van der Waals surface area contributed by atoms with Crippen molar-refractivity contribution < 1.29 is 9.59 Å². The first-order valence-corrected chi connectivity index (χ1v) is 8.40. The van der Waals surface area contributed by atoms with Gasteiger partial charge in [-0.2, -0.15) is 0 Å². The van der Waals surface area contributed by atoms with Crippen molar-refractivity contribution in [2.24, 2.45) is 0 Å². The number of aromatic nitrogens is 1. The molecule has 1 aromatic carbocycles. The summed E-state index contributed by atoms with van der Waals surface area (Å²) in [6, 6.07) is 10.7. The van der Waals surface area contributed by atoms with Gasteiger partial charge in [-0.25, -0.2) is 5.01 Å². The van der Waals surface area contributed by atoms with Crippen molar-refractivity contribution in [2.45, 2.75) is 12.3 Å². The van der Waals surface area contributed by atoms with E-state index >= 15 is 0 Å². The molecular weight excluding hydrogens is 334 g/mol. The third-order valence-corrected chi connectivity index (χ3v) is 4.84. The van der Waals surface area contributed by atoms with Crippen LogP contribution in [-0.2, 0) is 4.79 Å². The summed E-state index contributed by atoms with van der Waals surface area (Å²) in [5.41, 5.74) is 4.78. The highest BCUT2D eigenvalue weighted by Gasteiger charge is 2.34. The number of carbonyl (C=O) groups excluding carboxylic acids is 2. The van der Waals surface area contributed by atoms with Gasteiger partial charge in [-0.15, -0.1) is 11.8 Å².